The molecule has 0 radical (unpaired) electrons. The first kappa shape index (κ1) is 20.4. The zero-order valence-electron chi connectivity index (χ0n) is 16.2. The lowest BCUT2D eigenvalue weighted by molar-refractivity contribution is -0.115. The minimum absolute atomic E-state index is 0.0355. The molecule has 1 amide bonds. The number of nitrogens with one attached hydrogen (secondary N) is 2. The van der Waals surface area contributed by atoms with Crippen molar-refractivity contribution in [1.29, 1.82) is 0 Å². The number of oxazole rings is 1. The molecule has 1 heterocycles. The summed E-state index contributed by atoms with van der Waals surface area (Å²) >= 11 is 0. The van der Waals surface area contributed by atoms with Gasteiger partial charge in [0.15, 0.2) is 0 Å². The van der Waals surface area contributed by atoms with Crippen molar-refractivity contribution in [3.05, 3.63) is 60.0 Å². The first-order chi connectivity index (χ1) is 13.7. The summed E-state index contributed by atoms with van der Waals surface area (Å²) in [6, 6.07) is 14.1. The van der Waals surface area contributed by atoms with Crippen LogP contribution in [0.5, 0.6) is 5.75 Å². The smallest absolute Gasteiger partial charge is 0.230 e. The molecule has 0 fully saturated rings. The van der Waals surface area contributed by atoms with E-state index in [1.54, 1.807) is 13.0 Å². The summed E-state index contributed by atoms with van der Waals surface area (Å²) in [5, 5.41) is 2.75. The molecule has 3 aromatic rings. The van der Waals surface area contributed by atoms with Gasteiger partial charge in [-0.15, -0.1) is 0 Å². The predicted octanol–water partition coefficient (Wildman–Crippen LogP) is 3.21. The van der Waals surface area contributed by atoms with Crippen LogP contribution in [0.2, 0.25) is 0 Å². The number of hydrogen-bond acceptors (Lipinski definition) is 6. The Morgan fingerprint density at radius 2 is 1.90 bits per heavy atom. The van der Waals surface area contributed by atoms with Crippen molar-refractivity contribution in [2.24, 2.45) is 0 Å². The lowest BCUT2D eigenvalue weighted by Gasteiger charge is -2.12. The number of hydrogen-bond donors (Lipinski definition) is 2. The van der Waals surface area contributed by atoms with Crippen LogP contribution in [0.4, 0.5) is 11.4 Å². The van der Waals surface area contributed by atoms with Crippen molar-refractivity contribution < 1.29 is 22.4 Å². The van der Waals surface area contributed by atoms with E-state index in [9.17, 15) is 13.2 Å². The standard InChI is InChI=1S/C20H21N3O5S/c1-13-17(22-20(28-13)14-7-5-4-6-8-14)12-19(24)21-15-9-10-16(18(11-15)27-2)23-29(3,25)26/h4-11,23H,12H2,1-3H3,(H,21,24). The molecule has 9 heteroatoms. The largest absolute Gasteiger partial charge is 0.494 e. The lowest BCUT2D eigenvalue weighted by atomic mass is 10.2. The number of methoxy groups -OCH3 is 1. The lowest BCUT2D eigenvalue weighted by Crippen LogP contribution is -2.15. The SMILES string of the molecule is COc1cc(NC(=O)Cc2nc(-c3ccccc3)oc2C)ccc1NS(C)(=O)=O. The monoisotopic (exact) mass is 415 g/mol. The minimum atomic E-state index is -3.45. The third-order valence-corrected chi connectivity index (χ3v) is 4.61. The van der Waals surface area contributed by atoms with Gasteiger partial charge in [-0.3, -0.25) is 9.52 Å². The van der Waals surface area contributed by atoms with Crippen LogP contribution in [0.15, 0.2) is 52.9 Å². The number of rotatable bonds is 7. The highest BCUT2D eigenvalue weighted by atomic mass is 32.2. The molecule has 1 aromatic heterocycles. The van der Waals surface area contributed by atoms with Gasteiger partial charge >= 0.3 is 0 Å². The van der Waals surface area contributed by atoms with Crippen molar-refractivity contribution in [3.8, 4) is 17.2 Å². The summed E-state index contributed by atoms with van der Waals surface area (Å²) in [5.74, 6) is 1.04. The maximum atomic E-state index is 12.4. The van der Waals surface area contributed by atoms with E-state index in [-0.39, 0.29) is 23.8 Å². The van der Waals surface area contributed by atoms with Crippen LogP contribution in [-0.2, 0) is 21.2 Å². The molecule has 0 saturated carbocycles. The molecule has 8 nitrogen and oxygen atoms in total. The summed E-state index contributed by atoms with van der Waals surface area (Å²) in [6.45, 7) is 1.76. The van der Waals surface area contributed by atoms with E-state index < -0.39 is 10.0 Å². The third-order valence-electron chi connectivity index (χ3n) is 4.02. The van der Waals surface area contributed by atoms with E-state index in [4.69, 9.17) is 9.15 Å². The molecule has 0 atom stereocenters. The van der Waals surface area contributed by atoms with Crippen LogP contribution < -0.4 is 14.8 Å². The Labute approximate surface area is 169 Å². The van der Waals surface area contributed by atoms with E-state index >= 15 is 0 Å². The highest BCUT2D eigenvalue weighted by Gasteiger charge is 2.16. The average Bonchev–Trinajstić information content (AvgIpc) is 3.03. The number of sulfonamides is 1. The van der Waals surface area contributed by atoms with Crippen LogP contribution in [0.3, 0.4) is 0 Å². The van der Waals surface area contributed by atoms with E-state index in [0.717, 1.165) is 11.8 Å². The molecule has 0 bridgehead atoms. The summed E-state index contributed by atoms with van der Waals surface area (Å²) in [4.78, 5) is 16.9. The molecule has 0 aliphatic carbocycles. The second-order valence-electron chi connectivity index (χ2n) is 6.40. The molecule has 0 saturated heterocycles. The third kappa shape index (κ3) is 5.35. The first-order valence-electron chi connectivity index (χ1n) is 8.72. The Balaban J connectivity index is 1.72. The quantitative estimate of drug-likeness (QED) is 0.613. The summed E-state index contributed by atoms with van der Waals surface area (Å²) in [6.07, 6.45) is 1.08. The Hall–Kier alpha value is -3.33. The van der Waals surface area contributed by atoms with Crippen LogP contribution >= 0.6 is 0 Å². The molecule has 0 aliphatic rings. The summed E-state index contributed by atoms with van der Waals surface area (Å²) in [7, 11) is -2.03. The van der Waals surface area contributed by atoms with Gasteiger partial charge in [0.2, 0.25) is 21.8 Å². The molecule has 2 N–H and O–H groups in total. The molecule has 2 aromatic carbocycles. The van der Waals surface area contributed by atoms with Gasteiger partial charge < -0.3 is 14.5 Å². The number of aromatic nitrogens is 1. The number of carbonyl (C=O) groups is 1. The molecule has 29 heavy (non-hydrogen) atoms. The zero-order chi connectivity index (χ0) is 21.0. The molecular formula is C20H21N3O5S. The highest BCUT2D eigenvalue weighted by molar-refractivity contribution is 7.92. The van der Waals surface area contributed by atoms with Gasteiger partial charge in [-0.05, 0) is 31.2 Å². The maximum absolute atomic E-state index is 12.4. The minimum Gasteiger partial charge on any atom is -0.494 e. The number of aryl methyl sites for hydroxylation is 1. The number of anilines is 2. The van der Waals surface area contributed by atoms with Gasteiger partial charge in [0.1, 0.15) is 11.5 Å². The number of ether oxygens (including phenoxy) is 1. The van der Waals surface area contributed by atoms with Crippen molar-refractivity contribution in [1.82, 2.24) is 4.98 Å². The molecule has 3 rings (SSSR count). The number of benzene rings is 2. The second-order valence-corrected chi connectivity index (χ2v) is 8.15. The van der Waals surface area contributed by atoms with Gasteiger partial charge in [0.25, 0.3) is 0 Å². The van der Waals surface area contributed by atoms with E-state index in [1.165, 1.54) is 19.2 Å². The molecule has 0 aliphatic heterocycles. The Morgan fingerprint density at radius 3 is 2.55 bits per heavy atom. The van der Waals surface area contributed by atoms with Gasteiger partial charge in [-0.1, -0.05) is 18.2 Å². The fourth-order valence-corrected chi connectivity index (χ4v) is 3.27. The highest BCUT2D eigenvalue weighted by Crippen LogP contribution is 2.29. The Bertz CT molecular complexity index is 1120. The molecule has 0 spiro atoms. The van der Waals surface area contributed by atoms with Crippen molar-refractivity contribution in [2.75, 3.05) is 23.4 Å². The van der Waals surface area contributed by atoms with Crippen molar-refractivity contribution in [2.45, 2.75) is 13.3 Å². The number of carbonyl (C=O) groups excluding carboxylic acids is 1. The molecule has 152 valence electrons. The van der Waals surface area contributed by atoms with Gasteiger partial charge in [-0.25, -0.2) is 13.4 Å². The van der Waals surface area contributed by atoms with Gasteiger partial charge in [-0.2, -0.15) is 0 Å². The molecule has 0 unspecified atom stereocenters. The summed E-state index contributed by atoms with van der Waals surface area (Å²) in [5.41, 5.74) is 2.13. The zero-order valence-corrected chi connectivity index (χ0v) is 17.0. The average molecular weight is 415 g/mol. The topological polar surface area (TPSA) is 111 Å². The Kier molecular flexibility index (Phi) is 5.88. The van der Waals surface area contributed by atoms with Crippen LogP contribution in [-0.4, -0.2) is 32.7 Å². The predicted molar refractivity (Wildman–Crippen MR) is 110 cm³/mol. The number of nitrogens with zero attached hydrogens (tertiary/aromatic N) is 1. The van der Waals surface area contributed by atoms with Crippen molar-refractivity contribution in [3.63, 3.8) is 0 Å². The van der Waals surface area contributed by atoms with Gasteiger partial charge in [0, 0.05) is 17.3 Å². The van der Waals surface area contributed by atoms with E-state index in [1.807, 2.05) is 30.3 Å². The van der Waals surface area contributed by atoms with Crippen LogP contribution in [0.25, 0.3) is 11.5 Å². The fraction of sp³-hybridized carbons (Fsp3) is 0.200. The molecular weight excluding hydrogens is 394 g/mol. The van der Waals surface area contributed by atoms with Crippen LogP contribution in [0.1, 0.15) is 11.5 Å². The van der Waals surface area contributed by atoms with Gasteiger partial charge in [0.05, 0.1) is 31.2 Å². The maximum Gasteiger partial charge on any atom is 0.230 e. The van der Waals surface area contributed by atoms with Crippen molar-refractivity contribution >= 4 is 27.3 Å². The summed E-state index contributed by atoms with van der Waals surface area (Å²) < 4.78 is 36.1. The van der Waals surface area contributed by atoms with Crippen LogP contribution in [0, 0.1) is 6.92 Å². The second kappa shape index (κ2) is 8.36. The first-order valence-corrected chi connectivity index (χ1v) is 10.6. The van der Waals surface area contributed by atoms with E-state index in [0.29, 0.717) is 23.0 Å². The Morgan fingerprint density at radius 1 is 1.17 bits per heavy atom. The number of amides is 1. The fourth-order valence-electron chi connectivity index (χ4n) is 2.71. The normalized spacial score (nSPS) is 11.1. The van der Waals surface area contributed by atoms with E-state index in [2.05, 4.69) is 15.0 Å².